The summed E-state index contributed by atoms with van der Waals surface area (Å²) in [7, 11) is 0. The SMILES string of the molecule is CC(C)(C)n1nnnc1SCc1noc(-c2ccsc2)n1. The van der Waals surface area contributed by atoms with Gasteiger partial charge in [0.2, 0.25) is 5.16 Å². The molecule has 110 valence electrons. The quantitative estimate of drug-likeness (QED) is 0.683. The van der Waals surface area contributed by atoms with Crippen LogP contribution >= 0.6 is 23.1 Å². The maximum atomic E-state index is 5.25. The van der Waals surface area contributed by atoms with Crippen LogP contribution in [0.3, 0.4) is 0 Å². The minimum absolute atomic E-state index is 0.162. The van der Waals surface area contributed by atoms with E-state index in [1.54, 1.807) is 16.0 Å². The van der Waals surface area contributed by atoms with E-state index in [1.807, 2.05) is 16.8 Å². The zero-order chi connectivity index (χ0) is 14.9. The highest BCUT2D eigenvalue weighted by atomic mass is 32.2. The molecule has 0 aliphatic rings. The van der Waals surface area contributed by atoms with Crippen LogP contribution in [-0.2, 0) is 11.3 Å². The summed E-state index contributed by atoms with van der Waals surface area (Å²) in [6, 6.07) is 1.95. The van der Waals surface area contributed by atoms with Gasteiger partial charge in [-0.2, -0.15) is 16.3 Å². The second kappa shape index (κ2) is 5.57. The van der Waals surface area contributed by atoms with Crippen molar-refractivity contribution in [1.82, 2.24) is 30.3 Å². The zero-order valence-corrected chi connectivity index (χ0v) is 13.5. The molecule has 7 nitrogen and oxygen atoms in total. The molecule has 0 spiro atoms. The summed E-state index contributed by atoms with van der Waals surface area (Å²) in [5.74, 6) is 1.73. The lowest BCUT2D eigenvalue weighted by Crippen LogP contribution is -2.24. The standard InChI is InChI=1S/C12H14N6OS2/c1-12(2,3)18-11(14-16-17-18)21-7-9-13-10(19-15-9)8-4-5-20-6-8/h4-6H,7H2,1-3H3. The molecule has 3 heterocycles. The molecule has 0 aromatic carbocycles. The predicted octanol–water partition coefficient (Wildman–Crippen LogP) is 2.83. The minimum atomic E-state index is -0.162. The number of rotatable bonds is 4. The largest absolute Gasteiger partial charge is 0.334 e. The van der Waals surface area contributed by atoms with Gasteiger partial charge in [-0.15, -0.1) is 5.10 Å². The van der Waals surface area contributed by atoms with Crippen molar-refractivity contribution in [1.29, 1.82) is 0 Å². The monoisotopic (exact) mass is 322 g/mol. The summed E-state index contributed by atoms with van der Waals surface area (Å²) in [6.45, 7) is 6.16. The lowest BCUT2D eigenvalue weighted by Gasteiger charge is -2.19. The molecular weight excluding hydrogens is 308 g/mol. The summed E-state index contributed by atoms with van der Waals surface area (Å²) in [5, 5.41) is 20.5. The van der Waals surface area contributed by atoms with E-state index in [4.69, 9.17) is 4.52 Å². The first-order chi connectivity index (χ1) is 10.0. The molecule has 0 N–H and O–H groups in total. The van der Waals surface area contributed by atoms with Crippen molar-refractivity contribution in [2.45, 2.75) is 37.2 Å². The Labute approximate surface area is 129 Å². The van der Waals surface area contributed by atoms with Crippen molar-refractivity contribution in [3.8, 4) is 11.5 Å². The highest BCUT2D eigenvalue weighted by Gasteiger charge is 2.20. The van der Waals surface area contributed by atoms with Gasteiger partial charge in [-0.05, 0) is 42.6 Å². The first-order valence-electron chi connectivity index (χ1n) is 6.31. The molecule has 0 aliphatic carbocycles. The van der Waals surface area contributed by atoms with Crippen LogP contribution in [0.1, 0.15) is 26.6 Å². The summed E-state index contributed by atoms with van der Waals surface area (Å²) >= 11 is 3.09. The summed E-state index contributed by atoms with van der Waals surface area (Å²) in [4.78, 5) is 4.37. The lowest BCUT2D eigenvalue weighted by molar-refractivity contribution is 0.321. The minimum Gasteiger partial charge on any atom is -0.334 e. The topological polar surface area (TPSA) is 82.5 Å². The van der Waals surface area contributed by atoms with Gasteiger partial charge in [0.25, 0.3) is 5.89 Å². The van der Waals surface area contributed by atoms with E-state index in [-0.39, 0.29) is 5.54 Å². The Balaban J connectivity index is 1.70. The lowest BCUT2D eigenvalue weighted by atomic mass is 10.1. The van der Waals surface area contributed by atoms with E-state index in [9.17, 15) is 0 Å². The average Bonchev–Trinajstić information content (AvgIpc) is 3.16. The number of aromatic nitrogens is 6. The Morgan fingerprint density at radius 1 is 1.38 bits per heavy atom. The molecule has 9 heteroatoms. The Hall–Kier alpha value is -1.74. The molecule has 0 atom stereocenters. The summed E-state index contributed by atoms with van der Waals surface area (Å²) in [6.07, 6.45) is 0. The zero-order valence-electron chi connectivity index (χ0n) is 11.8. The van der Waals surface area contributed by atoms with Crippen LogP contribution in [0.25, 0.3) is 11.5 Å². The van der Waals surface area contributed by atoms with E-state index in [2.05, 4.69) is 46.4 Å². The van der Waals surface area contributed by atoms with Gasteiger partial charge in [0.05, 0.1) is 16.9 Å². The number of thiophene rings is 1. The maximum absolute atomic E-state index is 5.25. The highest BCUT2D eigenvalue weighted by molar-refractivity contribution is 7.98. The van der Waals surface area contributed by atoms with Crippen LogP contribution in [0.5, 0.6) is 0 Å². The summed E-state index contributed by atoms with van der Waals surface area (Å²) in [5.41, 5.74) is 0.786. The third kappa shape index (κ3) is 3.13. The van der Waals surface area contributed by atoms with Crippen LogP contribution < -0.4 is 0 Å². The van der Waals surface area contributed by atoms with E-state index in [1.165, 1.54) is 11.8 Å². The third-order valence-electron chi connectivity index (χ3n) is 2.64. The fourth-order valence-corrected chi connectivity index (χ4v) is 3.17. The fourth-order valence-electron chi connectivity index (χ4n) is 1.64. The molecule has 0 fully saturated rings. The molecule has 0 radical (unpaired) electrons. The van der Waals surface area contributed by atoms with Crippen LogP contribution in [0.15, 0.2) is 26.5 Å². The molecule has 3 aromatic heterocycles. The number of hydrogen-bond donors (Lipinski definition) is 0. The van der Waals surface area contributed by atoms with E-state index < -0.39 is 0 Å². The van der Waals surface area contributed by atoms with Gasteiger partial charge in [-0.3, -0.25) is 0 Å². The maximum Gasteiger partial charge on any atom is 0.258 e. The molecule has 21 heavy (non-hydrogen) atoms. The van der Waals surface area contributed by atoms with Crippen LogP contribution in [0.4, 0.5) is 0 Å². The van der Waals surface area contributed by atoms with Crippen molar-refractivity contribution in [2.24, 2.45) is 0 Å². The van der Waals surface area contributed by atoms with Crippen LogP contribution in [-0.4, -0.2) is 30.3 Å². The molecule has 0 amide bonds. The van der Waals surface area contributed by atoms with Gasteiger partial charge in [0.15, 0.2) is 5.82 Å². The van der Waals surface area contributed by atoms with Gasteiger partial charge >= 0.3 is 0 Å². The molecule has 0 aliphatic heterocycles. The molecule has 0 bridgehead atoms. The van der Waals surface area contributed by atoms with Crippen molar-refractivity contribution in [3.63, 3.8) is 0 Å². The van der Waals surface area contributed by atoms with E-state index >= 15 is 0 Å². The van der Waals surface area contributed by atoms with Crippen LogP contribution in [0.2, 0.25) is 0 Å². The molecule has 0 saturated heterocycles. The van der Waals surface area contributed by atoms with Gasteiger partial charge in [0, 0.05) is 5.38 Å². The molecule has 3 aromatic rings. The normalized spacial score (nSPS) is 12.0. The average molecular weight is 322 g/mol. The third-order valence-corrected chi connectivity index (χ3v) is 4.24. The Kier molecular flexibility index (Phi) is 3.77. The Morgan fingerprint density at radius 2 is 2.24 bits per heavy atom. The highest BCUT2D eigenvalue weighted by Crippen LogP contribution is 2.25. The van der Waals surface area contributed by atoms with Gasteiger partial charge in [-0.25, -0.2) is 4.68 Å². The molecule has 0 saturated carbocycles. The predicted molar refractivity (Wildman–Crippen MR) is 80.0 cm³/mol. The number of tetrazole rings is 1. The first kappa shape index (κ1) is 14.2. The smallest absolute Gasteiger partial charge is 0.258 e. The van der Waals surface area contributed by atoms with Crippen molar-refractivity contribution >= 4 is 23.1 Å². The second-order valence-electron chi connectivity index (χ2n) is 5.36. The Bertz CT molecular complexity index is 712. The number of hydrogen-bond acceptors (Lipinski definition) is 8. The van der Waals surface area contributed by atoms with Gasteiger partial charge in [0.1, 0.15) is 0 Å². The second-order valence-corrected chi connectivity index (χ2v) is 7.08. The summed E-state index contributed by atoms with van der Waals surface area (Å²) < 4.78 is 7.04. The molecule has 3 rings (SSSR count). The Morgan fingerprint density at radius 3 is 2.95 bits per heavy atom. The van der Waals surface area contributed by atoms with Crippen LogP contribution in [0, 0.1) is 0 Å². The van der Waals surface area contributed by atoms with Crippen molar-refractivity contribution in [2.75, 3.05) is 0 Å². The van der Waals surface area contributed by atoms with Crippen molar-refractivity contribution in [3.05, 3.63) is 22.7 Å². The molecular formula is C12H14N6OS2. The van der Waals surface area contributed by atoms with Crippen molar-refractivity contribution < 1.29 is 4.52 Å². The first-order valence-corrected chi connectivity index (χ1v) is 8.24. The molecule has 0 unspecified atom stereocenters. The van der Waals surface area contributed by atoms with Gasteiger partial charge in [-0.1, -0.05) is 16.9 Å². The van der Waals surface area contributed by atoms with E-state index in [0.717, 1.165) is 10.7 Å². The van der Waals surface area contributed by atoms with E-state index in [0.29, 0.717) is 17.5 Å². The number of thioether (sulfide) groups is 1. The fraction of sp³-hybridized carbons (Fsp3) is 0.417. The number of nitrogens with zero attached hydrogens (tertiary/aromatic N) is 6. The van der Waals surface area contributed by atoms with Gasteiger partial charge < -0.3 is 4.52 Å².